The fraction of sp³-hybridized carbons (Fsp3) is 0.471. The molecule has 0 radical (unpaired) electrons. The van der Waals surface area contributed by atoms with Gasteiger partial charge in [0, 0.05) is 19.4 Å². The lowest BCUT2D eigenvalue weighted by Crippen LogP contribution is -2.10. The average Bonchev–Trinajstić information content (AvgIpc) is 3.18. The Balaban J connectivity index is 1.87. The first-order valence-electron chi connectivity index (χ1n) is 7.67. The van der Waals surface area contributed by atoms with Crippen molar-refractivity contribution in [2.45, 2.75) is 38.3 Å². The second-order valence-corrected chi connectivity index (χ2v) is 5.81. The Morgan fingerprint density at radius 2 is 2.18 bits per heavy atom. The van der Waals surface area contributed by atoms with Gasteiger partial charge in [-0.3, -0.25) is 4.79 Å². The van der Waals surface area contributed by atoms with Crippen molar-refractivity contribution in [2.24, 2.45) is 5.92 Å². The van der Waals surface area contributed by atoms with Crippen LogP contribution in [0.3, 0.4) is 0 Å². The summed E-state index contributed by atoms with van der Waals surface area (Å²) in [5.41, 5.74) is 0.939. The molecule has 0 bridgehead atoms. The highest BCUT2D eigenvalue weighted by Crippen LogP contribution is 2.40. The standard InChI is InChI=1S/C17H21N3O2/c1-4-5-6-7-11(2)13-10-14(22-3)17-18-16(19-20(13)17)15(21)12-8-9-12/h4-7,12-14H,2,8-10H2,1,3H3/b5-4-,7-6-/t13-,14-/m0/s1. The quantitative estimate of drug-likeness (QED) is 0.598. The van der Waals surface area contributed by atoms with Crippen molar-refractivity contribution in [3.05, 3.63) is 48.1 Å². The average molecular weight is 299 g/mol. The number of aromatic nitrogens is 3. The van der Waals surface area contributed by atoms with Gasteiger partial charge in [-0.2, -0.15) is 0 Å². The lowest BCUT2D eigenvalue weighted by atomic mass is 10.1. The molecule has 1 aromatic heterocycles. The highest BCUT2D eigenvalue weighted by molar-refractivity contribution is 5.95. The summed E-state index contributed by atoms with van der Waals surface area (Å²) in [4.78, 5) is 16.6. The van der Waals surface area contributed by atoms with E-state index in [0.29, 0.717) is 5.82 Å². The molecule has 0 unspecified atom stereocenters. The molecule has 1 saturated carbocycles. The fourth-order valence-electron chi connectivity index (χ4n) is 2.74. The molecule has 2 atom stereocenters. The van der Waals surface area contributed by atoms with Crippen LogP contribution in [0, 0.1) is 5.92 Å². The van der Waals surface area contributed by atoms with Crippen molar-refractivity contribution in [2.75, 3.05) is 7.11 Å². The van der Waals surface area contributed by atoms with Gasteiger partial charge in [0.15, 0.2) is 5.82 Å². The van der Waals surface area contributed by atoms with Crippen LogP contribution in [0.25, 0.3) is 0 Å². The van der Waals surface area contributed by atoms with E-state index in [1.807, 2.05) is 35.9 Å². The Morgan fingerprint density at radius 3 is 2.82 bits per heavy atom. The van der Waals surface area contributed by atoms with E-state index in [4.69, 9.17) is 4.74 Å². The van der Waals surface area contributed by atoms with Gasteiger partial charge in [0.05, 0.1) is 6.04 Å². The van der Waals surface area contributed by atoms with Crippen molar-refractivity contribution >= 4 is 5.78 Å². The number of carbonyl (C=O) groups excluding carboxylic acids is 1. The van der Waals surface area contributed by atoms with E-state index in [2.05, 4.69) is 16.7 Å². The monoisotopic (exact) mass is 299 g/mol. The molecule has 1 aromatic rings. The van der Waals surface area contributed by atoms with Crippen LogP contribution < -0.4 is 0 Å². The maximum atomic E-state index is 12.2. The number of Topliss-reactive ketones (excluding diaryl/α,β-unsaturated/α-hetero) is 1. The Hall–Kier alpha value is -2.01. The number of fused-ring (bicyclic) bond motifs is 1. The zero-order valence-corrected chi connectivity index (χ0v) is 13.0. The van der Waals surface area contributed by atoms with Gasteiger partial charge in [0.1, 0.15) is 6.10 Å². The van der Waals surface area contributed by atoms with Crippen LogP contribution in [0.1, 0.15) is 54.8 Å². The topological polar surface area (TPSA) is 57.0 Å². The first-order chi connectivity index (χ1) is 10.7. The van der Waals surface area contributed by atoms with Crippen molar-refractivity contribution in [3.8, 4) is 0 Å². The molecule has 5 heteroatoms. The minimum absolute atomic E-state index is 0.00490. The molecule has 1 fully saturated rings. The molecule has 1 aliphatic heterocycles. The maximum absolute atomic E-state index is 12.2. The van der Waals surface area contributed by atoms with E-state index >= 15 is 0 Å². The third-order valence-corrected chi connectivity index (χ3v) is 4.17. The SMILES string of the molecule is C=C(/C=C\C=C/C)[C@@H]1C[C@H](OC)c2nc(C(=O)C3CC3)nn21. The van der Waals surface area contributed by atoms with Gasteiger partial charge in [0.25, 0.3) is 0 Å². The van der Waals surface area contributed by atoms with E-state index in [1.165, 1.54) is 0 Å². The molecule has 2 heterocycles. The van der Waals surface area contributed by atoms with Crippen molar-refractivity contribution < 1.29 is 9.53 Å². The number of methoxy groups -OCH3 is 1. The zero-order chi connectivity index (χ0) is 15.7. The normalized spacial score (nSPS) is 24.3. The van der Waals surface area contributed by atoms with Crippen LogP contribution in [-0.2, 0) is 4.74 Å². The Labute approximate surface area is 130 Å². The highest BCUT2D eigenvalue weighted by Gasteiger charge is 2.39. The molecule has 0 N–H and O–H groups in total. The van der Waals surface area contributed by atoms with Crippen molar-refractivity contribution in [1.82, 2.24) is 14.8 Å². The lowest BCUT2D eigenvalue weighted by molar-refractivity contribution is 0.0942. The predicted octanol–water partition coefficient (Wildman–Crippen LogP) is 3.19. The summed E-state index contributed by atoms with van der Waals surface area (Å²) in [5.74, 6) is 1.25. The van der Waals surface area contributed by atoms with Crippen LogP contribution in [0.4, 0.5) is 0 Å². The number of rotatable bonds is 6. The summed E-state index contributed by atoms with van der Waals surface area (Å²) in [7, 11) is 1.66. The molecule has 1 aliphatic carbocycles. The molecule has 0 aromatic carbocycles. The van der Waals surface area contributed by atoms with Crippen LogP contribution in [0.5, 0.6) is 0 Å². The molecular formula is C17H21N3O2. The van der Waals surface area contributed by atoms with E-state index < -0.39 is 0 Å². The van der Waals surface area contributed by atoms with E-state index in [9.17, 15) is 4.79 Å². The van der Waals surface area contributed by atoms with E-state index in [-0.39, 0.29) is 23.8 Å². The Kier molecular flexibility index (Phi) is 4.07. The Morgan fingerprint density at radius 1 is 1.41 bits per heavy atom. The van der Waals surface area contributed by atoms with Gasteiger partial charge in [0.2, 0.25) is 11.6 Å². The van der Waals surface area contributed by atoms with Gasteiger partial charge >= 0.3 is 0 Å². The number of ketones is 1. The minimum Gasteiger partial charge on any atom is -0.373 e. The number of ether oxygens (including phenoxy) is 1. The fourth-order valence-corrected chi connectivity index (χ4v) is 2.74. The molecule has 116 valence electrons. The van der Waals surface area contributed by atoms with Crippen molar-refractivity contribution in [1.29, 1.82) is 0 Å². The molecule has 0 spiro atoms. The molecule has 2 aliphatic rings. The molecular weight excluding hydrogens is 278 g/mol. The van der Waals surface area contributed by atoms with E-state index in [0.717, 1.165) is 30.7 Å². The largest absolute Gasteiger partial charge is 0.373 e. The van der Waals surface area contributed by atoms with Gasteiger partial charge in [-0.05, 0) is 25.3 Å². The van der Waals surface area contributed by atoms with Crippen LogP contribution in [0.2, 0.25) is 0 Å². The van der Waals surface area contributed by atoms with E-state index in [1.54, 1.807) is 7.11 Å². The maximum Gasteiger partial charge on any atom is 0.217 e. The number of allylic oxidation sites excluding steroid dienone is 5. The second-order valence-electron chi connectivity index (χ2n) is 5.81. The highest BCUT2D eigenvalue weighted by atomic mass is 16.5. The number of hydrogen-bond donors (Lipinski definition) is 0. The van der Waals surface area contributed by atoms with Crippen LogP contribution in [0.15, 0.2) is 36.5 Å². The second kappa shape index (κ2) is 6.01. The lowest BCUT2D eigenvalue weighted by Gasteiger charge is -2.12. The first-order valence-corrected chi connectivity index (χ1v) is 7.67. The molecule has 22 heavy (non-hydrogen) atoms. The third-order valence-electron chi connectivity index (χ3n) is 4.17. The molecule has 0 saturated heterocycles. The van der Waals surface area contributed by atoms with Crippen LogP contribution >= 0.6 is 0 Å². The third kappa shape index (κ3) is 2.68. The summed E-state index contributed by atoms with van der Waals surface area (Å²) in [6.45, 7) is 6.10. The number of hydrogen-bond acceptors (Lipinski definition) is 4. The summed E-state index contributed by atoms with van der Waals surface area (Å²) in [5, 5.41) is 4.44. The smallest absolute Gasteiger partial charge is 0.217 e. The first kappa shape index (κ1) is 14.9. The van der Waals surface area contributed by atoms with Gasteiger partial charge < -0.3 is 4.74 Å². The summed E-state index contributed by atoms with van der Waals surface area (Å²) in [6.07, 6.45) is 10.4. The summed E-state index contributed by atoms with van der Waals surface area (Å²) >= 11 is 0. The number of nitrogens with zero attached hydrogens (tertiary/aromatic N) is 3. The summed E-state index contributed by atoms with van der Waals surface area (Å²) < 4.78 is 7.31. The zero-order valence-electron chi connectivity index (χ0n) is 13.0. The molecule has 3 rings (SSSR count). The molecule has 0 amide bonds. The van der Waals surface area contributed by atoms with Gasteiger partial charge in [-0.15, -0.1) is 5.10 Å². The summed E-state index contributed by atoms with van der Waals surface area (Å²) in [6, 6.07) is -0.00490. The number of carbonyl (C=O) groups is 1. The van der Waals surface area contributed by atoms with Gasteiger partial charge in [-0.1, -0.05) is 30.9 Å². The van der Waals surface area contributed by atoms with Crippen LogP contribution in [-0.4, -0.2) is 27.7 Å². The van der Waals surface area contributed by atoms with Crippen molar-refractivity contribution in [3.63, 3.8) is 0 Å². The minimum atomic E-state index is -0.134. The predicted molar refractivity (Wildman–Crippen MR) is 83.6 cm³/mol. The molecule has 5 nitrogen and oxygen atoms in total. The van der Waals surface area contributed by atoms with Gasteiger partial charge in [-0.25, -0.2) is 9.67 Å². The Bertz CT molecular complexity index is 653.